The number of carbonyl (C=O) groups is 1. The number of hydrogen-bond donors (Lipinski definition) is 0. The number of rotatable bonds is 4. The molecule has 0 amide bonds. The third kappa shape index (κ3) is 3.28. The number of allylic oxidation sites excluding steroid dienone is 1. The summed E-state index contributed by atoms with van der Waals surface area (Å²) >= 11 is 0. The molecule has 0 N–H and O–H groups in total. The van der Waals surface area contributed by atoms with Gasteiger partial charge < -0.3 is 9.64 Å². The van der Waals surface area contributed by atoms with Gasteiger partial charge in [0.2, 0.25) is 6.54 Å². The lowest BCUT2D eigenvalue weighted by atomic mass is 9.94. The first-order valence-corrected chi connectivity index (χ1v) is 6.46. The van der Waals surface area contributed by atoms with Crippen LogP contribution >= 0.6 is 0 Å². The standard InChI is InChI=1S/C15H16N2O4/c1-11-9-12-5-3-4-6-13(12)14(10-17(19)20)16(11)8-7-15(18)21-2/h3-9,14H,10H2,1-2H3/b8-7+. The zero-order valence-corrected chi connectivity index (χ0v) is 11.9. The van der Waals surface area contributed by atoms with Crippen LogP contribution < -0.4 is 0 Å². The van der Waals surface area contributed by atoms with Crippen molar-refractivity contribution in [2.45, 2.75) is 13.0 Å². The summed E-state index contributed by atoms with van der Waals surface area (Å²) in [5, 5.41) is 11.0. The zero-order valence-electron chi connectivity index (χ0n) is 11.9. The van der Waals surface area contributed by atoms with E-state index in [4.69, 9.17) is 0 Å². The normalized spacial score (nSPS) is 17.3. The number of nitrogens with zero attached hydrogens (tertiary/aromatic N) is 2. The number of benzene rings is 1. The van der Waals surface area contributed by atoms with E-state index in [1.165, 1.54) is 19.4 Å². The largest absolute Gasteiger partial charge is 0.466 e. The number of methoxy groups -OCH3 is 1. The molecule has 21 heavy (non-hydrogen) atoms. The maximum Gasteiger partial charge on any atom is 0.331 e. The molecule has 0 fully saturated rings. The van der Waals surface area contributed by atoms with Gasteiger partial charge in [0, 0.05) is 22.9 Å². The van der Waals surface area contributed by atoms with E-state index in [1.807, 2.05) is 37.3 Å². The number of carbonyl (C=O) groups excluding carboxylic acids is 1. The molecule has 0 saturated carbocycles. The minimum atomic E-state index is -0.499. The van der Waals surface area contributed by atoms with Gasteiger partial charge in [-0.25, -0.2) is 4.79 Å². The minimum Gasteiger partial charge on any atom is -0.466 e. The second kappa shape index (κ2) is 6.21. The van der Waals surface area contributed by atoms with Crippen LogP contribution in [-0.2, 0) is 9.53 Å². The van der Waals surface area contributed by atoms with Gasteiger partial charge in [-0.2, -0.15) is 0 Å². The fourth-order valence-electron chi connectivity index (χ4n) is 2.40. The van der Waals surface area contributed by atoms with E-state index in [0.717, 1.165) is 16.8 Å². The van der Waals surface area contributed by atoms with Gasteiger partial charge in [-0.1, -0.05) is 24.3 Å². The smallest absolute Gasteiger partial charge is 0.331 e. The second-order valence-corrected chi connectivity index (χ2v) is 4.69. The van der Waals surface area contributed by atoms with Gasteiger partial charge in [0.05, 0.1) is 7.11 Å². The quantitative estimate of drug-likeness (QED) is 0.368. The van der Waals surface area contributed by atoms with Crippen molar-refractivity contribution >= 4 is 12.0 Å². The Morgan fingerprint density at radius 3 is 2.86 bits per heavy atom. The van der Waals surface area contributed by atoms with Gasteiger partial charge in [-0.3, -0.25) is 10.1 Å². The zero-order chi connectivity index (χ0) is 15.4. The Bertz CT molecular complexity index is 622. The van der Waals surface area contributed by atoms with Gasteiger partial charge in [0.15, 0.2) is 0 Å². The lowest BCUT2D eigenvalue weighted by Crippen LogP contribution is -2.31. The van der Waals surface area contributed by atoms with Gasteiger partial charge in [-0.15, -0.1) is 0 Å². The van der Waals surface area contributed by atoms with Gasteiger partial charge in [0.25, 0.3) is 0 Å². The molecule has 6 nitrogen and oxygen atoms in total. The summed E-state index contributed by atoms with van der Waals surface area (Å²) in [5.74, 6) is -0.499. The highest BCUT2D eigenvalue weighted by atomic mass is 16.6. The van der Waals surface area contributed by atoms with Crippen LogP contribution in [0.5, 0.6) is 0 Å². The number of nitro groups is 1. The average molecular weight is 288 g/mol. The van der Waals surface area contributed by atoms with E-state index in [2.05, 4.69) is 4.74 Å². The molecule has 1 aliphatic heterocycles. The van der Waals surface area contributed by atoms with Crippen molar-refractivity contribution < 1.29 is 14.5 Å². The number of esters is 1. The van der Waals surface area contributed by atoms with Crippen LogP contribution in [0.25, 0.3) is 6.08 Å². The topological polar surface area (TPSA) is 72.7 Å². The highest BCUT2D eigenvalue weighted by molar-refractivity contribution is 5.81. The number of hydrogen-bond acceptors (Lipinski definition) is 5. The van der Waals surface area contributed by atoms with E-state index < -0.39 is 12.0 Å². The Kier molecular flexibility index (Phi) is 4.37. The molecule has 0 aliphatic carbocycles. The van der Waals surface area contributed by atoms with Crippen molar-refractivity contribution in [2.75, 3.05) is 13.7 Å². The summed E-state index contributed by atoms with van der Waals surface area (Å²) in [6.07, 6.45) is 4.73. The SMILES string of the molecule is COC(=O)/C=C/N1C(C)=Cc2ccccc2C1C[N+](=O)[O-]. The van der Waals surface area contributed by atoms with Crippen molar-refractivity contribution in [3.63, 3.8) is 0 Å². The highest BCUT2D eigenvalue weighted by Gasteiger charge is 2.29. The molecule has 0 radical (unpaired) electrons. The molecule has 1 aliphatic rings. The first-order valence-electron chi connectivity index (χ1n) is 6.46. The predicted octanol–water partition coefficient (Wildman–Crippen LogP) is 2.37. The third-order valence-corrected chi connectivity index (χ3v) is 3.36. The minimum absolute atomic E-state index is 0.242. The van der Waals surface area contributed by atoms with Crippen molar-refractivity contribution in [3.8, 4) is 0 Å². The lowest BCUT2D eigenvalue weighted by molar-refractivity contribution is -0.487. The fourth-order valence-corrected chi connectivity index (χ4v) is 2.40. The summed E-state index contributed by atoms with van der Waals surface area (Å²) in [4.78, 5) is 23.6. The fraction of sp³-hybridized carbons (Fsp3) is 0.267. The number of fused-ring (bicyclic) bond motifs is 1. The van der Waals surface area contributed by atoms with Gasteiger partial charge in [0.1, 0.15) is 6.04 Å². The highest BCUT2D eigenvalue weighted by Crippen LogP contribution is 2.34. The van der Waals surface area contributed by atoms with E-state index in [0.29, 0.717) is 0 Å². The molecule has 1 aromatic carbocycles. The molecular formula is C15H16N2O4. The molecule has 0 saturated heterocycles. The molecule has 1 atom stereocenters. The van der Waals surface area contributed by atoms with E-state index in [-0.39, 0.29) is 11.5 Å². The summed E-state index contributed by atoms with van der Waals surface area (Å²) in [5.41, 5.74) is 2.67. The van der Waals surface area contributed by atoms with Crippen LogP contribution in [0.2, 0.25) is 0 Å². The van der Waals surface area contributed by atoms with Crippen molar-refractivity contribution in [3.05, 3.63) is 63.5 Å². The first-order chi connectivity index (χ1) is 10.0. The molecule has 1 heterocycles. The molecule has 1 unspecified atom stereocenters. The summed E-state index contributed by atoms with van der Waals surface area (Å²) in [6, 6.07) is 7.09. The molecule has 110 valence electrons. The van der Waals surface area contributed by atoms with Crippen molar-refractivity contribution in [2.24, 2.45) is 0 Å². The van der Waals surface area contributed by atoms with E-state index in [1.54, 1.807) is 4.90 Å². The van der Waals surface area contributed by atoms with E-state index >= 15 is 0 Å². The van der Waals surface area contributed by atoms with Crippen LogP contribution in [-0.4, -0.2) is 29.4 Å². The van der Waals surface area contributed by atoms with Crippen LogP contribution in [0.4, 0.5) is 0 Å². The average Bonchev–Trinajstić information content (AvgIpc) is 2.45. The molecule has 0 spiro atoms. The summed E-state index contributed by atoms with van der Waals surface area (Å²) < 4.78 is 4.56. The first kappa shape index (κ1) is 14.8. The molecular weight excluding hydrogens is 272 g/mol. The van der Waals surface area contributed by atoms with Crippen molar-refractivity contribution in [1.29, 1.82) is 0 Å². The maximum absolute atomic E-state index is 11.2. The maximum atomic E-state index is 11.2. The van der Waals surface area contributed by atoms with Crippen LogP contribution in [0, 0.1) is 10.1 Å². The Hall–Kier alpha value is -2.63. The van der Waals surface area contributed by atoms with Crippen LogP contribution in [0.1, 0.15) is 24.1 Å². The Morgan fingerprint density at radius 2 is 2.19 bits per heavy atom. The monoisotopic (exact) mass is 288 g/mol. The molecule has 6 heteroatoms. The summed E-state index contributed by atoms with van der Waals surface area (Å²) in [6.45, 7) is 1.61. The van der Waals surface area contributed by atoms with Gasteiger partial charge >= 0.3 is 5.97 Å². The Labute approximate surface area is 122 Å². The van der Waals surface area contributed by atoms with Crippen LogP contribution in [0.15, 0.2) is 42.2 Å². The predicted molar refractivity (Wildman–Crippen MR) is 77.7 cm³/mol. The van der Waals surface area contributed by atoms with Gasteiger partial charge in [-0.05, 0) is 24.1 Å². The lowest BCUT2D eigenvalue weighted by Gasteiger charge is -2.33. The number of ether oxygens (including phenoxy) is 1. The molecule has 0 aromatic heterocycles. The van der Waals surface area contributed by atoms with Crippen LogP contribution in [0.3, 0.4) is 0 Å². The summed E-state index contributed by atoms with van der Waals surface area (Å²) in [7, 11) is 1.29. The Morgan fingerprint density at radius 1 is 1.48 bits per heavy atom. The second-order valence-electron chi connectivity index (χ2n) is 4.69. The molecule has 2 rings (SSSR count). The van der Waals surface area contributed by atoms with Crippen molar-refractivity contribution in [1.82, 2.24) is 4.90 Å². The third-order valence-electron chi connectivity index (χ3n) is 3.36. The van der Waals surface area contributed by atoms with E-state index in [9.17, 15) is 14.9 Å². The molecule has 1 aromatic rings. The Balaban J connectivity index is 2.41. The molecule has 0 bridgehead atoms.